The lowest BCUT2D eigenvalue weighted by Crippen LogP contribution is -2.44. The zero-order valence-corrected chi connectivity index (χ0v) is 12.1. The average Bonchev–Trinajstić information content (AvgIpc) is 2.37. The van der Waals surface area contributed by atoms with Crippen LogP contribution in [0.3, 0.4) is 0 Å². The van der Waals surface area contributed by atoms with E-state index in [1.165, 1.54) is 5.56 Å². The first kappa shape index (κ1) is 16.0. The van der Waals surface area contributed by atoms with Crippen molar-refractivity contribution < 1.29 is 14.7 Å². The van der Waals surface area contributed by atoms with Crippen LogP contribution in [0.2, 0.25) is 0 Å². The molecule has 1 amide bonds. The third-order valence-electron chi connectivity index (χ3n) is 2.94. The maximum Gasteiger partial charge on any atom is 0.326 e. The molecule has 0 aromatic heterocycles. The fraction of sp³-hybridized carbons (Fsp3) is 0.375. The Labute approximate surface area is 119 Å². The van der Waals surface area contributed by atoms with Gasteiger partial charge in [0, 0.05) is 6.42 Å². The predicted octanol–water partition coefficient (Wildman–Crippen LogP) is 2.62. The molecule has 1 aromatic carbocycles. The molecule has 20 heavy (non-hydrogen) atoms. The number of rotatable bonds is 6. The van der Waals surface area contributed by atoms with E-state index in [9.17, 15) is 9.59 Å². The molecule has 108 valence electrons. The Kier molecular flexibility index (Phi) is 5.97. The van der Waals surface area contributed by atoms with E-state index in [2.05, 4.69) is 5.32 Å². The highest BCUT2D eigenvalue weighted by Gasteiger charge is 2.22. The zero-order chi connectivity index (χ0) is 15.1. The first-order chi connectivity index (χ1) is 9.40. The van der Waals surface area contributed by atoms with Gasteiger partial charge in [0.25, 0.3) is 0 Å². The minimum Gasteiger partial charge on any atom is -0.480 e. The Morgan fingerprint density at radius 3 is 2.35 bits per heavy atom. The summed E-state index contributed by atoms with van der Waals surface area (Å²) in [5.74, 6) is -1.43. The molecule has 1 aromatic rings. The van der Waals surface area contributed by atoms with Crippen molar-refractivity contribution in [2.45, 2.75) is 33.2 Å². The summed E-state index contributed by atoms with van der Waals surface area (Å²) in [7, 11) is 0. The lowest BCUT2D eigenvalue weighted by Gasteiger charge is -2.17. The van der Waals surface area contributed by atoms with Crippen molar-refractivity contribution in [2.75, 3.05) is 0 Å². The highest BCUT2D eigenvalue weighted by Crippen LogP contribution is 2.06. The van der Waals surface area contributed by atoms with Gasteiger partial charge in [-0.05, 0) is 18.4 Å². The molecule has 0 saturated heterocycles. The van der Waals surface area contributed by atoms with Crippen molar-refractivity contribution >= 4 is 18.0 Å². The van der Waals surface area contributed by atoms with E-state index in [0.717, 1.165) is 5.56 Å². The first-order valence-electron chi connectivity index (χ1n) is 6.65. The molecule has 4 heteroatoms. The van der Waals surface area contributed by atoms with E-state index in [1.807, 2.05) is 37.3 Å². The number of hydrogen-bond acceptors (Lipinski definition) is 2. The van der Waals surface area contributed by atoms with Crippen molar-refractivity contribution in [3.8, 4) is 0 Å². The van der Waals surface area contributed by atoms with Crippen LogP contribution in [-0.2, 0) is 9.59 Å². The number of nitrogens with one attached hydrogen (secondary N) is 1. The Hall–Kier alpha value is -2.10. The predicted molar refractivity (Wildman–Crippen MR) is 79.2 cm³/mol. The monoisotopic (exact) mass is 275 g/mol. The number of amides is 1. The maximum absolute atomic E-state index is 11.7. The van der Waals surface area contributed by atoms with Crippen LogP contribution in [0, 0.1) is 12.8 Å². The molecule has 0 fully saturated rings. The Morgan fingerprint density at radius 1 is 1.25 bits per heavy atom. The molecule has 0 spiro atoms. The minimum absolute atomic E-state index is 0.141. The van der Waals surface area contributed by atoms with Crippen molar-refractivity contribution in [2.24, 2.45) is 5.92 Å². The quantitative estimate of drug-likeness (QED) is 0.838. The van der Waals surface area contributed by atoms with Crippen molar-refractivity contribution in [3.05, 3.63) is 41.5 Å². The molecule has 4 nitrogen and oxygen atoms in total. The summed E-state index contributed by atoms with van der Waals surface area (Å²) >= 11 is 0. The number of carbonyl (C=O) groups is 2. The molecule has 0 aliphatic heterocycles. The molecule has 0 saturated carbocycles. The van der Waals surface area contributed by atoms with Crippen molar-refractivity contribution in [3.63, 3.8) is 0 Å². The van der Waals surface area contributed by atoms with Crippen LogP contribution in [0.4, 0.5) is 0 Å². The van der Waals surface area contributed by atoms with Crippen LogP contribution in [0.1, 0.15) is 31.4 Å². The second-order valence-corrected chi connectivity index (χ2v) is 5.14. The number of hydrogen-bond donors (Lipinski definition) is 2. The number of carboxylic acid groups (broad SMARTS) is 1. The summed E-state index contributed by atoms with van der Waals surface area (Å²) in [5, 5.41) is 11.5. The zero-order valence-electron chi connectivity index (χ0n) is 12.1. The lowest BCUT2D eigenvalue weighted by molar-refractivity contribution is -0.143. The molecule has 0 bridgehead atoms. The molecule has 1 rings (SSSR count). The van der Waals surface area contributed by atoms with Crippen LogP contribution in [0.5, 0.6) is 0 Å². The van der Waals surface area contributed by atoms with Gasteiger partial charge in [-0.1, -0.05) is 55.8 Å². The second kappa shape index (κ2) is 7.48. The largest absolute Gasteiger partial charge is 0.480 e. The molecule has 0 heterocycles. The van der Waals surface area contributed by atoms with Crippen molar-refractivity contribution in [1.29, 1.82) is 0 Å². The number of carbonyl (C=O) groups excluding carboxylic acids is 1. The molecule has 0 aliphatic carbocycles. The topological polar surface area (TPSA) is 66.4 Å². The van der Waals surface area contributed by atoms with E-state index in [1.54, 1.807) is 19.9 Å². The van der Waals surface area contributed by atoms with Gasteiger partial charge in [-0.15, -0.1) is 0 Å². The van der Waals surface area contributed by atoms with Gasteiger partial charge in [-0.3, -0.25) is 4.79 Å². The summed E-state index contributed by atoms with van der Waals surface area (Å²) in [6.45, 7) is 5.54. The van der Waals surface area contributed by atoms with Gasteiger partial charge in [0.15, 0.2) is 0 Å². The molecule has 0 aliphatic rings. The van der Waals surface area contributed by atoms with Crippen LogP contribution in [0.15, 0.2) is 30.3 Å². The van der Waals surface area contributed by atoms with Crippen LogP contribution in [-0.4, -0.2) is 23.0 Å². The number of aryl methyl sites for hydroxylation is 1. The van der Waals surface area contributed by atoms with Gasteiger partial charge in [-0.2, -0.15) is 0 Å². The van der Waals surface area contributed by atoms with E-state index in [-0.39, 0.29) is 18.2 Å². The number of aliphatic carboxylic acids is 1. The third kappa shape index (κ3) is 5.26. The van der Waals surface area contributed by atoms with Gasteiger partial charge in [0.2, 0.25) is 5.91 Å². The molecule has 1 atom stereocenters. The number of carboxylic acids is 1. The Balaban J connectivity index is 2.50. The molecule has 2 N–H and O–H groups in total. The summed E-state index contributed by atoms with van der Waals surface area (Å²) in [6.07, 6.45) is 3.76. The minimum atomic E-state index is -1.00. The summed E-state index contributed by atoms with van der Waals surface area (Å²) in [5.41, 5.74) is 2.20. The molecule has 0 unspecified atom stereocenters. The normalized spacial score (nSPS) is 12.6. The molecular formula is C16H21NO3. The van der Waals surface area contributed by atoms with Crippen LogP contribution in [0.25, 0.3) is 6.08 Å². The van der Waals surface area contributed by atoms with E-state index in [0.29, 0.717) is 0 Å². The summed E-state index contributed by atoms with van der Waals surface area (Å²) in [6, 6.07) is 7.10. The van der Waals surface area contributed by atoms with Gasteiger partial charge in [0.1, 0.15) is 6.04 Å². The summed E-state index contributed by atoms with van der Waals surface area (Å²) in [4.78, 5) is 22.7. The van der Waals surface area contributed by atoms with Crippen molar-refractivity contribution in [1.82, 2.24) is 5.32 Å². The molecular weight excluding hydrogens is 254 g/mol. The van der Waals surface area contributed by atoms with Gasteiger partial charge >= 0.3 is 5.97 Å². The fourth-order valence-corrected chi connectivity index (χ4v) is 1.73. The highest BCUT2D eigenvalue weighted by molar-refractivity contribution is 5.84. The Morgan fingerprint density at radius 2 is 1.85 bits per heavy atom. The van der Waals surface area contributed by atoms with Gasteiger partial charge < -0.3 is 10.4 Å². The van der Waals surface area contributed by atoms with Gasteiger partial charge in [-0.25, -0.2) is 4.79 Å². The average molecular weight is 275 g/mol. The highest BCUT2D eigenvalue weighted by atomic mass is 16.4. The van der Waals surface area contributed by atoms with Crippen LogP contribution >= 0.6 is 0 Å². The Bertz CT molecular complexity index is 489. The van der Waals surface area contributed by atoms with E-state index in [4.69, 9.17) is 5.11 Å². The molecule has 0 radical (unpaired) electrons. The van der Waals surface area contributed by atoms with E-state index >= 15 is 0 Å². The standard InChI is InChI=1S/C16H21NO3/c1-11(2)15(16(19)20)17-14(18)6-4-5-13-9-7-12(3)8-10-13/h4-5,7-11,15H,6H2,1-3H3,(H,17,18)(H,19,20)/b5-4+/t15-/m0/s1. The van der Waals surface area contributed by atoms with Gasteiger partial charge in [0.05, 0.1) is 0 Å². The number of benzene rings is 1. The maximum atomic E-state index is 11.7. The third-order valence-corrected chi connectivity index (χ3v) is 2.94. The smallest absolute Gasteiger partial charge is 0.326 e. The second-order valence-electron chi connectivity index (χ2n) is 5.14. The summed E-state index contributed by atoms with van der Waals surface area (Å²) < 4.78 is 0. The fourth-order valence-electron chi connectivity index (χ4n) is 1.73. The van der Waals surface area contributed by atoms with E-state index < -0.39 is 12.0 Å². The van der Waals surface area contributed by atoms with Crippen LogP contribution < -0.4 is 5.32 Å². The lowest BCUT2D eigenvalue weighted by atomic mass is 10.0. The first-order valence-corrected chi connectivity index (χ1v) is 6.65. The SMILES string of the molecule is Cc1ccc(/C=C/CC(=O)N[C@H](C(=O)O)C(C)C)cc1.